The minimum atomic E-state index is -0.306. The highest BCUT2D eigenvalue weighted by Gasteiger charge is 2.19. The van der Waals surface area contributed by atoms with E-state index in [1.54, 1.807) is 36.2 Å². The van der Waals surface area contributed by atoms with Gasteiger partial charge in [-0.05, 0) is 48.9 Å². The Bertz CT molecular complexity index is 749. The minimum absolute atomic E-state index is 0.0276. The number of thioether (sulfide) groups is 1. The van der Waals surface area contributed by atoms with Crippen molar-refractivity contribution in [3.63, 3.8) is 0 Å². The first-order valence-corrected chi connectivity index (χ1v) is 8.77. The topological polar surface area (TPSA) is 49.4 Å². The molecule has 1 N–H and O–H groups in total. The molecule has 0 unspecified atom stereocenters. The van der Waals surface area contributed by atoms with Gasteiger partial charge < -0.3 is 10.2 Å². The third-order valence-electron chi connectivity index (χ3n) is 3.52. The van der Waals surface area contributed by atoms with Crippen molar-refractivity contribution in [2.45, 2.75) is 30.5 Å². The third-order valence-corrected chi connectivity index (χ3v) is 4.62. The molecule has 25 heavy (non-hydrogen) atoms. The highest BCUT2D eigenvalue weighted by Crippen LogP contribution is 2.26. The molecule has 0 saturated carbocycles. The summed E-state index contributed by atoms with van der Waals surface area (Å²) in [6, 6.07) is 13.6. The number of hydrogen-bond acceptors (Lipinski definition) is 3. The summed E-state index contributed by atoms with van der Waals surface area (Å²) < 4.78 is 13.2. The first-order valence-electron chi connectivity index (χ1n) is 7.89. The van der Waals surface area contributed by atoms with Crippen LogP contribution in [0.4, 0.5) is 10.1 Å². The highest BCUT2D eigenvalue weighted by molar-refractivity contribution is 8.00. The standard InChI is InChI=1S/C19H21FN2O2S/c1-13(25-18-9-7-17(8-10-18)21-14(2)23)19(24)22(3)12-15-5-4-6-16(20)11-15/h4-11,13H,12H2,1-3H3,(H,21,23)/t13-/m1/s1. The summed E-state index contributed by atoms with van der Waals surface area (Å²) >= 11 is 1.44. The number of carbonyl (C=O) groups excluding carboxylic acids is 2. The first kappa shape index (κ1) is 19.0. The summed E-state index contributed by atoms with van der Waals surface area (Å²) in [6.07, 6.45) is 0. The van der Waals surface area contributed by atoms with Gasteiger partial charge in [0.05, 0.1) is 5.25 Å². The summed E-state index contributed by atoms with van der Waals surface area (Å²) in [7, 11) is 1.71. The summed E-state index contributed by atoms with van der Waals surface area (Å²) in [5.74, 6) is -0.455. The first-order chi connectivity index (χ1) is 11.8. The molecule has 0 spiro atoms. The quantitative estimate of drug-likeness (QED) is 0.794. The molecule has 0 fully saturated rings. The molecule has 0 saturated heterocycles. The second-order valence-electron chi connectivity index (χ2n) is 5.79. The molecular weight excluding hydrogens is 339 g/mol. The van der Waals surface area contributed by atoms with Gasteiger partial charge in [0.2, 0.25) is 11.8 Å². The number of benzene rings is 2. The molecule has 0 aliphatic rings. The Kier molecular flexibility index (Phi) is 6.58. The predicted octanol–water partition coefficient (Wildman–Crippen LogP) is 3.92. The molecule has 0 heterocycles. The van der Waals surface area contributed by atoms with Crippen LogP contribution in [0.1, 0.15) is 19.4 Å². The van der Waals surface area contributed by atoms with Crippen molar-refractivity contribution in [3.8, 4) is 0 Å². The third kappa shape index (κ3) is 5.90. The van der Waals surface area contributed by atoms with Gasteiger partial charge in [-0.2, -0.15) is 0 Å². The Morgan fingerprint density at radius 2 is 1.88 bits per heavy atom. The molecule has 2 amide bonds. The Morgan fingerprint density at radius 3 is 2.48 bits per heavy atom. The number of hydrogen-bond donors (Lipinski definition) is 1. The lowest BCUT2D eigenvalue weighted by molar-refractivity contribution is -0.129. The normalized spacial score (nSPS) is 11.7. The van der Waals surface area contributed by atoms with Crippen LogP contribution in [0.25, 0.3) is 0 Å². The molecule has 0 aliphatic carbocycles. The van der Waals surface area contributed by atoms with Gasteiger partial charge in [0.15, 0.2) is 0 Å². The molecule has 0 aromatic heterocycles. The lowest BCUT2D eigenvalue weighted by Gasteiger charge is -2.21. The molecule has 2 aromatic carbocycles. The van der Waals surface area contributed by atoms with Crippen LogP contribution in [0, 0.1) is 5.82 Å². The Hall–Kier alpha value is -2.34. The lowest BCUT2D eigenvalue weighted by Crippen LogP contribution is -2.32. The van der Waals surface area contributed by atoms with E-state index in [9.17, 15) is 14.0 Å². The molecule has 2 rings (SSSR count). The SMILES string of the molecule is CC(=O)Nc1ccc(S[C@H](C)C(=O)N(C)Cc2cccc(F)c2)cc1. The van der Waals surface area contributed by atoms with Crippen LogP contribution in [0.3, 0.4) is 0 Å². The average molecular weight is 360 g/mol. The van der Waals surface area contributed by atoms with E-state index in [-0.39, 0.29) is 22.9 Å². The zero-order valence-corrected chi connectivity index (χ0v) is 15.3. The van der Waals surface area contributed by atoms with Crippen LogP contribution in [0.15, 0.2) is 53.4 Å². The maximum Gasteiger partial charge on any atom is 0.235 e. The van der Waals surface area contributed by atoms with Crippen LogP contribution in [-0.4, -0.2) is 29.0 Å². The van der Waals surface area contributed by atoms with Crippen molar-refractivity contribution in [2.75, 3.05) is 12.4 Å². The van der Waals surface area contributed by atoms with Gasteiger partial charge in [0.1, 0.15) is 5.82 Å². The number of amides is 2. The molecule has 6 heteroatoms. The zero-order chi connectivity index (χ0) is 18.4. The van der Waals surface area contributed by atoms with Gasteiger partial charge >= 0.3 is 0 Å². The number of anilines is 1. The van der Waals surface area contributed by atoms with Crippen molar-refractivity contribution in [2.24, 2.45) is 0 Å². The fourth-order valence-electron chi connectivity index (χ4n) is 2.37. The molecule has 0 radical (unpaired) electrons. The summed E-state index contributed by atoms with van der Waals surface area (Å²) in [5, 5.41) is 2.43. The van der Waals surface area contributed by atoms with E-state index in [0.29, 0.717) is 6.54 Å². The van der Waals surface area contributed by atoms with Crippen molar-refractivity contribution in [1.29, 1.82) is 0 Å². The van der Waals surface area contributed by atoms with E-state index in [1.807, 2.05) is 19.1 Å². The summed E-state index contributed by atoms with van der Waals surface area (Å²) in [6.45, 7) is 3.66. The van der Waals surface area contributed by atoms with Gasteiger partial charge in [-0.3, -0.25) is 9.59 Å². The van der Waals surface area contributed by atoms with Gasteiger partial charge in [-0.25, -0.2) is 4.39 Å². The van der Waals surface area contributed by atoms with Crippen molar-refractivity contribution in [1.82, 2.24) is 4.90 Å². The molecule has 0 aliphatic heterocycles. The Morgan fingerprint density at radius 1 is 1.20 bits per heavy atom. The van der Waals surface area contributed by atoms with Crippen LogP contribution in [-0.2, 0) is 16.1 Å². The molecule has 4 nitrogen and oxygen atoms in total. The second-order valence-corrected chi connectivity index (χ2v) is 7.20. The minimum Gasteiger partial charge on any atom is -0.340 e. The summed E-state index contributed by atoms with van der Waals surface area (Å²) in [5.41, 5.74) is 1.48. The number of nitrogens with zero attached hydrogens (tertiary/aromatic N) is 1. The molecule has 1 atom stereocenters. The number of nitrogens with one attached hydrogen (secondary N) is 1. The Labute approximate surface area is 151 Å². The largest absolute Gasteiger partial charge is 0.340 e. The van der Waals surface area contributed by atoms with Crippen LogP contribution >= 0.6 is 11.8 Å². The van der Waals surface area contributed by atoms with Gasteiger partial charge in [0.25, 0.3) is 0 Å². The van der Waals surface area contributed by atoms with E-state index in [2.05, 4.69) is 5.32 Å². The van der Waals surface area contributed by atoms with Crippen LogP contribution < -0.4 is 5.32 Å². The maximum absolute atomic E-state index is 13.2. The lowest BCUT2D eigenvalue weighted by atomic mass is 10.2. The van der Waals surface area contributed by atoms with Crippen molar-refractivity contribution < 1.29 is 14.0 Å². The number of halogens is 1. The number of rotatable bonds is 6. The maximum atomic E-state index is 13.2. The number of carbonyl (C=O) groups is 2. The van der Waals surface area contributed by atoms with E-state index < -0.39 is 0 Å². The Balaban J connectivity index is 1.93. The fourth-order valence-corrected chi connectivity index (χ4v) is 3.35. The van der Waals surface area contributed by atoms with Crippen molar-refractivity contribution >= 4 is 29.3 Å². The van der Waals surface area contributed by atoms with E-state index in [4.69, 9.17) is 0 Å². The monoisotopic (exact) mass is 360 g/mol. The van der Waals surface area contributed by atoms with E-state index in [1.165, 1.54) is 30.8 Å². The second kappa shape index (κ2) is 8.67. The molecular formula is C19H21FN2O2S. The van der Waals surface area contributed by atoms with Gasteiger partial charge in [0, 0.05) is 31.1 Å². The molecule has 132 valence electrons. The molecule has 2 aromatic rings. The molecule has 0 bridgehead atoms. The zero-order valence-electron chi connectivity index (χ0n) is 14.5. The van der Waals surface area contributed by atoms with Crippen LogP contribution in [0.2, 0.25) is 0 Å². The average Bonchev–Trinajstić information content (AvgIpc) is 2.55. The fraction of sp³-hybridized carbons (Fsp3) is 0.263. The summed E-state index contributed by atoms with van der Waals surface area (Å²) in [4.78, 5) is 26.1. The van der Waals surface area contributed by atoms with Crippen LogP contribution in [0.5, 0.6) is 0 Å². The van der Waals surface area contributed by atoms with Gasteiger partial charge in [-0.1, -0.05) is 12.1 Å². The van der Waals surface area contributed by atoms with Crippen molar-refractivity contribution in [3.05, 3.63) is 59.9 Å². The highest BCUT2D eigenvalue weighted by atomic mass is 32.2. The predicted molar refractivity (Wildman–Crippen MR) is 98.9 cm³/mol. The van der Waals surface area contributed by atoms with Gasteiger partial charge in [-0.15, -0.1) is 11.8 Å². The smallest absolute Gasteiger partial charge is 0.235 e. The van der Waals surface area contributed by atoms with E-state index >= 15 is 0 Å². The van der Waals surface area contributed by atoms with E-state index in [0.717, 1.165) is 16.1 Å².